The number of benzene rings is 1. The van der Waals surface area contributed by atoms with Crippen molar-refractivity contribution in [2.24, 2.45) is 0 Å². The highest BCUT2D eigenvalue weighted by atomic mass is 32.1. The molecule has 8 heteroatoms. The molecule has 0 saturated heterocycles. The minimum Gasteiger partial charge on any atom is -0.314 e. The van der Waals surface area contributed by atoms with Crippen LogP contribution in [0.25, 0.3) is 10.6 Å². The summed E-state index contributed by atoms with van der Waals surface area (Å²) in [6.45, 7) is 1.61. The highest BCUT2D eigenvalue weighted by Gasteiger charge is 2.15. The van der Waals surface area contributed by atoms with Crippen molar-refractivity contribution in [1.29, 1.82) is 0 Å². The fraction of sp³-hybridized carbons (Fsp3) is 0.250. The molecule has 0 spiro atoms. The molecule has 0 bridgehead atoms. The second-order valence-electron chi connectivity index (χ2n) is 3.94. The quantitative estimate of drug-likeness (QED) is 0.628. The highest BCUT2D eigenvalue weighted by Crippen LogP contribution is 2.30. The maximum absolute atomic E-state index is 13.7. The van der Waals surface area contributed by atoms with E-state index >= 15 is 0 Å². The van der Waals surface area contributed by atoms with Gasteiger partial charge < -0.3 is 4.84 Å². The molecule has 1 aromatic carbocycles. The first-order valence-electron chi connectivity index (χ1n) is 5.67. The smallest absolute Gasteiger partial charge is 0.294 e. The maximum atomic E-state index is 13.7. The Hall–Kier alpha value is -2.09. The van der Waals surface area contributed by atoms with E-state index in [1.165, 1.54) is 23.5 Å². The monoisotopic (exact) mass is 300 g/mol. The molecule has 0 atom stereocenters. The molecule has 1 heterocycles. The van der Waals surface area contributed by atoms with Gasteiger partial charge in [0.05, 0.1) is 5.69 Å². The zero-order valence-corrected chi connectivity index (χ0v) is 11.2. The van der Waals surface area contributed by atoms with E-state index in [1.54, 1.807) is 6.92 Å². The summed E-state index contributed by atoms with van der Waals surface area (Å²) in [6.07, 6.45) is 0.293. The molecule has 0 unspecified atom stereocenters. The summed E-state index contributed by atoms with van der Waals surface area (Å²) in [4.78, 5) is 19.2. The Bertz CT molecular complexity index is 646. The summed E-state index contributed by atoms with van der Waals surface area (Å²) < 4.78 is 26.8. The topological polar surface area (TPSA) is 65.3 Å². The number of aryl methyl sites for hydroxylation is 1. The second kappa shape index (κ2) is 5.91. The first-order chi connectivity index (χ1) is 9.49. The van der Waals surface area contributed by atoms with Crippen molar-refractivity contribution in [2.75, 3.05) is 6.61 Å². The minimum absolute atomic E-state index is 0.0829. The molecule has 106 valence electrons. The highest BCUT2D eigenvalue weighted by molar-refractivity contribution is 7.15. The molecule has 5 nitrogen and oxygen atoms in total. The van der Waals surface area contributed by atoms with Gasteiger partial charge in [-0.1, -0.05) is 6.07 Å². The van der Waals surface area contributed by atoms with Gasteiger partial charge >= 0.3 is 0 Å². The van der Waals surface area contributed by atoms with Gasteiger partial charge in [0, 0.05) is 16.9 Å². The maximum Gasteiger partial charge on any atom is 0.294 e. The predicted octanol–water partition coefficient (Wildman–Crippen LogP) is 3.15. The Labute approximate surface area is 116 Å². The van der Waals surface area contributed by atoms with Crippen molar-refractivity contribution in [3.8, 4) is 10.6 Å². The number of nitrogens with zero attached hydrogens (tertiary/aromatic N) is 2. The molecule has 0 aliphatic carbocycles. The molecule has 2 rings (SSSR count). The van der Waals surface area contributed by atoms with E-state index in [2.05, 4.69) is 9.82 Å². The lowest BCUT2D eigenvalue weighted by molar-refractivity contribution is -0.757. The van der Waals surface area contributed by atoms with E-state index < -0.39 is 16.7 Å². The second-order valence-corrected chi connectivity index (χ2v) is 5.02. The van der Waals surface area contributed by atoms with Crippen LogP contribution in [-0.2, 0) is 11.3 Å². The summed E-state index contributed by atoms with van der Waals surface area (Å²) in [5.41, 5.74) is 0.708. The van der Waals surface area contributed by atoms with Gasteiger partial charge in [-0.15, -0.1) is 21.5 Å². The number of hydrogen-bond donors (Lipinski definition) is 0. The normalized spacial score (nSPS) is 10.6. The van der Waals surface area contributed by atoms with E-state index in [1.807, 2.05) is 0 Å². The number of rotatable bonds is 5. The van der Waals surface area contributed by atoms with Gasteiger partial charge in [0.2, 0.25) is 0 Å². The predicted molar refractivity (Wildman–Crippen MR) is 68.9 cm³/mol. The van der Waals surface area contributed by atoms with Crippen molar-refractivity contribution in [1.82, 2.24) is 4.98 Å². The van der Waals surface area contributed by atoms with Gasteiger partial charge in [0.25, 0.3) is 5.09 Å². The number of hydrogen-bond acceptors (Lipinski definition) is 5. The van der Waals surface area contributed by atoms with Crippen LogP contribution < -0.4 is 0 Å². The van der Waals surface area contributed by atoms with E-state index in [0.29, 0.717) is 17.1 Å². The lowest BCUT2D eigenvalue weighted by Crippen LogP contribution is -2.04. The lowest BCUT2D eigenvalue weighted by atomic mass is 10.2. The molecule has 0 aliphatic heterocycles. The van der Waals surface area contributed by atoms with Crippen molar-refractivity contribution in [3.05, 3.63) is 50.5 Å². The van der Waals surface area contributed by atoms with E-state index in [0.717, 1.165) is 10.9 Å². The zero-order valence-electron chi connectivity index (χ0n) is 10.4. The van der Waals surface area contributed by atoms with Crippen LogP contribution in [0.4, 0.5) is 8.78 Å². The van der Waals surface area contributed by atoms with Gasteiger partial charge in [0.1, 0.15) is 11.6 Å². The van der Waals surface area contributed by atoms with Crippen LogP contribution in [0.15, 0.2) is 18.2 Å². The van der Waals surface area contributed by atoms with E-state index in [-0.39, 0.29) is 12.2 Å². The average Bonchev–Trinajstić information content (AvgIpc) is 2.74. The SMILES string of the molecule is Cc1nc(-c2cccc(F)c2F)sc1CCO[N+](=O)[O-]. The lowest BCUT2D eigenvalue weighted by Gasteiger charge is -1.99. The molecule has 2 aromatic rings. The molecule has 0 fully saturated rings. The summed E-state index contributed by atoms with van der Waals surface area (Å²) in [5.74, 6) is -1.89. The molecule has 0 aliphatic rings. The van der Waals surface area contributed by atoms with Gasteiger partial charge in [-0.25, -0.2) is 13.8 Å². The largest absolute Gasteiger partial charge is 0.314 e. The van der Waals surface area contributed by atoms with Gasteiger partial charge in [0.15, 0.2) is 11.6 Å². The summed E-state index contributed by atoms with van der Waals surface area (Å²) >= 11 is 1.17. The third-order valence-corrected chi connectivity index (χ3v) is 3.85. The minimum atomic E-state index is -0.950. The number of thiazole rings is 1. The molecular formula is C12H10F2N2O3S. The Kier molecular flexibility index (Phi) is 4.23. The Morgan fingerprint density at radius 2 is 2.20 bits per heavy atom. The van der Waals surface area contributed by atoms with Crippen molar-refractivity contribution < 1.29 is 18.7 Å². The zero-order chi connectivity index (χ0) is 14.7. The summed E-state index contributed by atoms with van der Waals surface area (Å²) in [6, 6.07) is 3.87. The Balaban J connectivity index is 2.22. The number of aromatic nitrogens is 1. The van der Waals surface area contributed by atoms with E-state index in [4.69, 9.17) is 0 Å². The summed E-state index contributed by atoms with van der Waals surface area (Å²) in [5, 5.41) is 9.53. The first kappa shape index (κ1) is 14.3. The Morgan fingerprint density at radius 1 is 1.45 bits per heavy atom. The third kappa shape index (κ3) is 3.08. The number of halogens is 2. The van der Waals surface area contributed by atoms with Gasteiger partial charge in [-0.05, 0) is 19.1 Å². The molecule has 0 saturated carbocycles. The third-order valence-electron chi connectivity index (χ3n) is 2.60. The fourth-order valence-electron chi connectivity index (χ4n) is 1.66. The molecule has 0 N–H and O–H groups in total. The molecule has 0 amide bonds. The van der Waals surface area contributed by atoms with E-state index in [9.17, 15) is 18.9 Å². The van der Waals surface area contributed by atoms with Crippen LogP contribution in [0, 0.1) is 28.7 Å². The standard InChI is InChI=1S/C12H10F2N2O3S/c1-7-10(5-6-19-16(17)18)20-12(15-7)8-3-2-4-9(13)11(8)14/h2-4H,5-6H2,1H3. The van der Waals surface area contributed by atoms with Crippen LogP contribution in [0.1, 0.15) is 10.6 Å². The summed E-state index contributed by atoms with van der Waals surface area (Å²) in [7, 11) is 0. The van der Waals surface area contributed by atoms with Crippen LogP contribution in [0.5, 0.6) is 0 Å². The van der Waals surface area contributed by atoms with Gasteiger partial charge in [-0.2, -0.15) is 0 Å². The molecular weight excluding hydrogens is 290 g/mol. The van der Waals surface area contributed by atoms with Crippen LogP contribution in [0.3, 0.4) is 0 Å². The van der Waals surface area contributed by atoms with Crippen molar-refractivity contribution in [2.45, 2.75) is 13.3 Å². The van der Waals surface area contributed by atoms with Gasteiger partial charge in [-0.3, -0.25) is 0 Å². The van der Waals surface area contributed by atoms with Crippen LogP contribution >= 0.6 is 11.3 Å². The molecule has 0 radical (unpaired) electrons. The Morgan fingerprint density at radius 3 is 2.90 bits per heavy atom. The average molecular weight is 300 g/mol. The van der Waals surface area contributed by atoms with Crippen LogP contribution in [-0.4, -0.2) is 16.7 Å². The van der Waals surface area contributed by atoms with Crippen molar-refractivity contribution >= 4 is 11.3 Å². The fourth-order valence-corrected chi connectivity index (χ4v) is 2.72. The molecule has 20 heavy (non-hydrogen) atoms. The van der Waals surface area contributed by atoms with Crippen LogP contribution in [0.2, 0.25) is 0 Å². The van der Waals surface area contributed by atoms with Crippen molar-refractivity contribution in [3.63, 3.8) is 0 Å². The first-order valence-corrected chi connectivity index (χ1v) is 6.48. The molecule has 1 aromatic heterocycles.